The zero-order valence-electron chi connectivity index (χ0n) is 20.6. The smallest absolute Gasteiger partial charge is 0.231 e. The summed E-state index contributed by atoms with van der Waals surface area (Å²) in [6.45, 7) is 4.01. The molecule has 0 bridgehead atoms. The number of hydrogen-bond donors (Lipinski definition) is 3. The molecule has 192 valence electrons. The highest BCUT2D eigenvalue weighted by Crippen LogP contribution is 2.42. The van der Waals surface area contributed by atoms with Crippen LogP contribution < -0.4 is 5.32 Å². The molecule has 0 unspecified atom stereocenters. The summed E-state index contributed by atoms with van der Waals surface area (Å²) in [7, 11) is 0. The molecule has 5 rings (SSSR count). The fourth-order valence-electron chi connectivity index (χ4n) is 4.10. The number of carbonyl (C=O) groups is 2. The van der Waals surface area contributed by atoms with Crippen LogP contribution in [0.5, 0.6) is 0 Å². The Balaban J connectivity index is 1.79. The lowest BCUT2D eigenvalue weighted by Crippen LogP contribution is -2.31. The summed E-state index contributed by atoms with van der Waals surface area (Å²) < 4.78 is 5.87. The number of furan rings is 1. The third kappa shape index (κ3) is 4.81. The fourth-order valence-corrected chi connectivity index (χ4v) is 4.50. The maximum absolute atomic E-state index is 13.0. The Bertz CT molecular complexity index is 1690. The van der Waals surface area contributed by atoms with Crippen molar-refractivity contribution in [2.45, 2.75) is 26.4 Å². The average molecular weight is 549 g/mol. The van der Waals surface area contributed by atoms with Crippen molar-refractivity contribution >= 4 is 51.7 Å². The van der Waals surface area contributed by atoms with E-state index in [1.165, 1.54) is 20.8 Å². The van der Waals surface area contributed by atoms with Crippen molar-refractivity contribution in [3.63, 3.8) is 0 Å². The third-order valence-corrected chi connectivity index (χ3v) is 6.49. The maximum Gasteiger partial charge on any atom is 0.231 e. The minimum Gasteiger partial charge on any atom is -0.432 e. The number of nitrogens with one attached hydrogen (secondary N) is 2. The lowest BCUT2D eigenvalue weighted by atomic mass is 9.96. The van der Waals surface area contributed by atoms with Crippen molar-refractivity contribution in [3.05, 3.63) is 76.6 Å². The van der Waals surface area contributed by atoms with Crippen LogP contribution >= 0.6 is 23.2 Å². The number of carbonyl (C=O) groups excluding carboxylic acids is 2. The molecule has 0 atom stereocenters. The van der Waals surface area contributed by atoms with Gasteiger partial charge in [0.2, 0.25) is 17.4 Å². The minimum atomic E-state index is -1.74. The van der Waals surface area contributed by atoms with Gasteiger partial charge in [-0.1, -0.05) is 47.5 Å². The number of fused-ring (bicyclic) bond motifs is 1. The number of amides is 1. The highest BCUT2D eigenvalue weighted by molar-refractivity contribution is 6.34. The molecule has 0 aliphatic carbocycles. The number of rotatable bonds is 6. The van der Waals surface area contributed by atoms with Crippen molar-refractivity contribution < 1.29 is 19.1 Å². The Morgan fingerprint density at radius 2 is 1.71 bits per heavy atom. The Kier molecular flexibility index (Phi) is 6.56. The minimum absolute atomic E-state index is 0.0986. The monoisotopic (exact) mass is 548 g/mol. The summed E-state index contributed by atoms with van der Waals surface area (Å²) in [6, 6.07) is 16.3. The zero-order chi connectivity index (χ0) is 27.2. The highest BCUT2D eigenvalue weighted by atomic mass is 35.5. The predicted molar refractivity (Wildman–Crippen MR) is 147 cm³/mol. The molecule has 38 heavy (non-hydrogen) atoms. The van der Waals surface area contributed by atoms with E-state index in [9.17, 15) is 14.7 Å². The molecule has 0 saturated carbocycles. The number of ketones is 1. The lowest BCUT2D eigenvalue weighted by molar-refractivity contribution is -0.114. The summed E-state index contributed by atoms with van der Waals surface area (Å²) in [5.74, 6) is -1.31. The number of halogens is 2. The topological polar surface area (TPSA) is 121 Å². The molecular weight excluding hydrogens is 527 g/mol. The number of aromatic nitrogens is 3. The average Bonchev–Trinajstić information content (AvgIpc) is 3.51. The van der Waals surface area contributed by atoms with Crippen LogP contribution in [0.4, 0.5) is 5.69 Å². The van der Waals surface area contributed by atoms with E-state index in [1.807, 2.05) is 30.3 Å². The van der Waals surface area contributed by atoms with Crippen LogP contribution in [0.2, 0.25) is 10.0 Å². The molecule has 5 aromatic rings. The standard InChI is InChI=1S/C28H22Cl2N4O4/c1-14(35)32-24-20-13-19(15-4-7-17(29)8-5-15)23(33-27(20)38-25(24)26(36)28(2,3)37)18-9-6-16(12-21(18)30)22-10-11-31-34-22/h4-13,37H,1-3H3,(H,31,34)(H,32,35). The molecule has 3 heterocycles. The molecular formula is C28H22Cl2N4O4. The van der Waals surface area contributed by atoms with Gasteiger partial charge in [-0.25, -0.2) is 4.98 Å². The van der Waals surface area contributed by atoms with Gasteiger partial charge < -0.3 is 14.8 Å². The van der Waals surface area contributed by atoms with Crippen LogP contribution in [-0.2, 0) is 4.79 Å². The van der Waals surface area contributed by atoms with Crippen molar-refractivity contribution in [1.29, 1.82) is 0 Å². The number of anilines is 1. The van der Waals surface area contributed by atoms with Gasteiger partial charge in [-0.2, -0.15) is 5.10 Å². The normalized spacial score (nSPS) is 11.6. The molecule has 1 amide bonds. The number of pyridine rings is 1. The molecule has 0 saturated heterocycles. The Labute approximate surface area is 227 Å². The van der Waals surface area contributed by atoms with Gasteiger partial charge in [0.05, 0.1) is 21.8 Å². The van der Waals surface area contributed by atoms with Crippen molar-refractivity contribution in [1.82, 2.24) is 15.2 Å². The van der Waals surface area contributed by atoms with E-state index in [0.717, 1.165) is 16.8 Å². The van der Waals surface area contributed by atoms with Gasteiger partial charge in [0.15, 0.2) is 5.76 Å². The third-order valence-electron chi connectivity index (χ3n) is 5.92. The number of benzene rings is 2. The summed E-state index contributed by atoms with van der Waals surface area (Å²) in [4.78, 5) is 29.8. The highest BCUT2D eigenvalue weighted by Gasteiger charge is 2.33. The molecule has 0 radical (unpaired) electrons. The van der Waals surface area contributed by atoms with Crippen LogP contribution in [0.1, 0.15) is 31.3 Å². The summed E-state index contributed by atoms with van der Waals surface area (Å²) in [5, 5.41) is 21.4. The van der Waals surface area contributed by atoms with E-state index in [-0.39, 0.29) is 17.2 Å². The first-order valence-electron chi connectivity index (χ1n) is 11.6. The fraction of sp³-hybridized carbons (Fsp3) is 0.143. The van der Waals surface area contributed by atoms with Gasteiger partial charge in [-0.05, 0) is 49.7 Å². The van der Waals surface area contributed by atoms with Gasteiger partial charge in [-0.15, -0.1) is 0 Å². The quantitative estimate of drug-likeness (QED) is 0.201. The number of Topliss-reactive ketones (excluding diaryl/α,β-unsaturated/α-hetero) is 1. The number of H-pyrrole nitrogens is 1. The van der Waals surface area contributed by atoms with Crippen molar-refractivity contribution in [2.75, 3.05) is 5.32 Å². The first-order chi connectivity index (χ1) is 18.0. The summed E-state index contributed by atoms with van der Waals surface area (Å²) in [5.41, 5.74) is 2.59. The summed E-state index contributed by atoms with van der Waals surface area (Å²) in [6.07, 6.45) is 1.72. The second-order valence-electron chi connectivity index (χ2n) is 9.27. The van der Waals surface area contributed by atoms with Crippen LogP contribution in [-0.4, -0.2) is 37.6 Å². The van der Waals surface area contributed by atoms with Crippen LogP contribution in [0, 0.1) is 0 Å². The Morgan fingerprint density at radius 3 is 2.32 bits per heavy atom. The van der Waals surface area contributed by atoms with Crippen molar-refractivity contribution in [3.8, 4) is 33.6 Å². The molecule has 0 aliphatic heterocycles. The first-order valence-corrected chi connectivity index (χ1v) is 12.4. The maximum atomic E-state index is 13.0. The Hall–Kier alpha value is -3.98. The largest absolute Gasteiger partial charge is 0.432 e. The van der Waals surface area contributed by atoms with Gasteiger partial charge in [0, 0.05) is 34.8 Å². The molecule has 10 heteroatoms. The second-order valence-corrected chi connectivity index (χ2v) is 10.1. The Morgan fingerprint density at radius 1 is 1.00 bits per heavy atom. The molecule has 8 nitrogen and oxygen atoms in total. The molecule has 0 aliphatic rings. The van der Waals surface area contributed by atoms with Crippen LogP contribution in [0.15, 0.2) is 65.2 Å². The molecule has 3 N–H and O–H groups in total. The molecule has 0 spiro atoms. The number of aliphatic hydroxyl groups is 1. The molecule has 0 fully saturated rings. The first kappa shape index (κ1) is 25.7. The van der Waals surface area contributed by atoms with Gasteiger partial charge >= 0.3 is 0 Å². The van der Waals surface area contributed by atoms with Crippen molar-refractivity contribution in [2.24, 2.45) is 0 Å². The van der Waals surface area contributed by atoms with E-state index in [4.69, 9.17) is 32.6 Å². The van der Waals surface area contributed by atoms with Gasteiger partial charge in [0.25, 0.3) is 0 Å². The zero-order valence-corrected chi connectivity index (χ0v) is 22.1. The van der Waals surface area contributed by atoms with Crippen LogP contribution in [0.3, 0.4) is 0 Å². The van der Waals surface area contributed by atoms with Gasteiger partial charge in [0.1, 0.15) is 11.3 Å². The molecule has 2 aromatic carbocycles. The summed E-state index contributed by atoms with van der Waals surface area (Å²) >= 11 is 12.9. The van der Waals surface area contributed by atoms with Gasteiger partial charge in [-0.3, -0.25) is 14.7 Å². The SMILES string of the molecule is CC(=O)Nc1c(C(=O)C(C)(C)O)oc2nc(-c3ccc(-c4cc[nH]n4)cc3Cl)c(-c3ccc(Cl)cc3)cc12. The van der Waals surface area contributed by atoms with E-state index in [2.05, 4.69) is 15.5 Å². The van der Waals surface area contributed by atoms with E-state index >= 15 is 0 Å². The second kappa shape index (κ2) is 9.72. The number of aromatic amines is 1. The van der Waals surface area contributed by atoms with E-state index < -0.39 is 17.3 Å². The number of hydrogen-bond acceptors (Lipinski definition) is 6. The molecule has 3 aromatic heterocycles. The predicted octanol–water partition coefficient (Wildman–Crippen LogP) is 6.77. The number of nitrogens with zero attached hydrogens (tertiary/aromatic N) is 2. The lowest BCUT2D eigenvalue weighted by Gasteiger charge is -2.14. The van der Waals surface area contributed by atoms with E-state index in [1.54, 1.807) is 30.5 Å². The van der Waals surface area contributed by atoms with Crippen LogP contribution in [0.25, 0.3) is 44.7 Å². The van der Waals surface area contributed by atoms with E-state index in [0.29, 0.717) is 32.3 Å².